The van der Waals surface area contributed by atoms with Crippen LogP contribution in [-0.4, -0.2) is 37.2 Å². The molecule has 0 aromatic rings. The minimum atomic E-state index is -0.758. The zero-order valence-electron chi connectivity index (χ0n) is 34.0. The van der Waals surface area contributed by atoms with Gasteiger partial charge in [0.25, 0.3) is 0 Å². The molecule has 0 amide bonds. The van der Waals surface area contributed by atoms with Crippen molar-refractivity contribution in [1.29, 1.82) is 0 Å². The number of ether oxygens (including phenoxy) is 3. The lowest BCUT2D eigenvalue weighted by Crippen LogP contribution is -2.30. The SMILES string of the molecule is CCCCCCCC(=O)O[C@H](COC(=O)CCCCCCCCCCCCCCC(C)C)COC(=O)CCCCCCCCCCC(C)CC. The van der Waals surface area contributed by atoms with E-state index in [-0.39, 0.29) is 31.1 Å². The Kier molecular flexibility index (Phi) is 36.0. The number of unbranched alkanes of at least 4 members (excludes halogenated alkanes) is 22. The second-order valence-electron chi connectivity index (χ2n) is 15.7. The maximum atomic E-state index is 12.5. The second kappa shape index (κ2) is 37.2. The summed E-state index contributed by atoms with van der Waals surface area (Å²) in [6.45, 7) is 11.3. The van der Waals surface area contributed by atoms with Crippen molar-refractivity contribution in [3.8, 4) is 0 Å². The second-order valence-corrected chi connectivity index (χ2v) is 15.7. The van der Waals surface area contributed by atoms with Crippen LogP contribution in [0.3, 0.4) is 0 Å². The lowest BCUT2D eigenvalue weighted by atomic mass is 9.99. The first kappa shape index (κ1) is 48.4. The topological polar surface area (TPSA) is 78.9 Å². The quantitative estimate of drug-likeness (QED) is 0.0361. The van der Waals surface area contributed by atoms with E-state index in [9.17, 15) is 14.4 Å². The average molecular weight is 709 g/mol. The fourth-order valence-electron chi connectivity index (χ4n) is 6.37. The van der Waals surface area contributed by atoms with Gasteiger partial charge in [0.2, 0.25) is 0 Å². The fourth-order valence-corrected chi connectivity index (χ4v) is 6.37. The Morgan fingerprint density at radius 1 is 0.420 bits per heavy atom. The normalized spacial score (nSPS) is 12.6. The molecule has 0 saturated carbocycles. The molecule has 0 fully saturated rings. The van der Waals surface area contributed by atoms with E-state index in [0.29, 0.717) is 19.3 Å². The number of carbonyl (C=O) groups excluding carboxylic acids is 3. The van der Waals surface area contributed by atoms with Crippen LogP contribution >= 0.6 is 0 Å². The van der Waals surface area contributed by atoms with Gasteiger partial charge in [-0.25, -0.2) is 0 Å². The zero-order chi connectivity index (χ0) is 36.9. The number of hydrogen-bond acceptors (Lipinski definition) is 6. The van der Waals surface area contributed by atoms with Crippen molar-refractivity contribution >= 4 is 17.9 Å². The number of esters is 3. The van der Waals surface area contributed by atoms with Crippen molar-refractivity contribution < 1.29 is 28.6 Å². The summed E-state index contributed by atoms with van der Waals surface area (Å²) in [5, 5.41) is 0. The lowest BCUT2D eigenvalue weighted by Gasteiger charge is -2.18. The number of carbonyl (C=O) groups is 3. The minimum absolute atomic E-state index is 0.0667. The van der Waals surface area contributed by atoms with Crippen LogP contribution < -0.4 is 0 Å². The zero-order valence-corrected chi connectivity index (χ0v) is 34.0. The van der Waals surface area contributed by atoms with E-state index in [1.54, 1.807) is 0 Å². The van der Waals surface area contributed by atoms with Gasteiger partial charge >= 0.3 is 17.9 Å². The summed E-state index contributed by atoms with van der Waals surface area (Å²) in [5.41, 5.74) is 0. The molecular weight excluding hydrogens is 624 g/mol. The molecule has 6 nitrogen and oxygen atoms in total. The van der Waals surface area contributed by atoms with Gasteiger partial charge < -0.3 is 14.2 Å². The minimum Gasteiger partial charge on any atom is -0.462 e. The predicted octanol–water partition coefficient (Wildman–Crippen LogP) is 13.4. The molecule has 0 aliphatic heterocycles. The Labute approximate surface area is 310 Å². The first-order valence-electron chi connectivity index (χ1n) is 21.8. The summed E-state index contributed by atoms with van der Waals surface area (Å²) in [4.78, 5) is 37.4. The average Bonchev–Trinajstić information content (AvgIpc) is 3.09. The molecule has 50 heavy (non-hydrogen) atoms. The van der Waals surface area contributed by atoms with Crippen molar-refractivity contribution in [2.75, 3.05) is 13.2 Å². The third kappa shape index (κ3) is 36.2. The molecule has 0 aromatic carbocycles. The first-order chi connectivity index (χ1) is 24.3. The maximum Gasteiger partial charge on any atom is 0.306 e. The highest BCUT2D eigenvalue weighted by Gasteiger charge is 2.19. The molecule has 6 heteroatoms. The molecule has 0 spiro atoms. The Hall–Kier alpha value is -1.59. The van der Waals surface area contributed by atoms with Crippen LogP contribution in [0.15, 0.2) is 0 Å². The smallest absolute Gasteiger partial charge is 0.306 e. The van der Waals surface area contributed by atoms with E-state index in [4.69, 9.17) is 14.2 Å². The summed E-state index contributed by atoms with van der Waals surface area (Å²) in [7, 11) is 0. The third-order valence-corrected chi connectivity index (χ3v) is 10.1. The number of rotatable bonds is 38. The van der Waals surface area contributed by atoms with Crippen LogP contribution in [0.1, 0.15) is 234 Å². The molecule has 1 unspecified atom stereocenters. The number of hydrogen-bond donors (Lipinski definition) is 0. The lowest BCUT2D eigenvalue weighted by molar-refractivity contribution is -0.167. The van der Waals surface area contributed by atoms with Crippen LogP contribution in [0.25, 0.3) is 0 Å². The molecule has 0 aromatic heterocycles. The monoisotopic (exact) mass is 709 g/mol. The van der Waals surface area contributed by atoms with E-state index in [0.717, 1.165) is 76.0 Å². The predicted molar refractivity (Wildman–Crippen MR) is 210 cm³/mol. The third-order valence-electron chi connectivity index (χ3n) is 10.1. The van der Waals surface area contributed by atoms with E-state index >= 15 is 0 Å². The largest absolute Gasteiger partial charge is 0.462 e. The first-order valence-corrected chi connectivity index (χ1v) is 21.8. The molecule has 2 atom stereocenters. The standard InChI is InChI=1S/C44H84O6/c1-6-8-9-22-31-36-44(47)50-41(38-49-43(46)35-30-26-21-17-16-19-24-28-33-40(5)7-2)37-48-42(45)34-29-25-20-15-13-11-10-12-14-18-23-27-32-39(3)4/h39-41H,6-38H2,1-5H3/t40?,41-/m1/s1. The summed E-state index contributed by atoms with van der Waals surface area (Å²) in [6, 6.07) is 0. The van der Waals surface area contributed by atoms with Gasteiger partial charge in [-0.15, -0.1) is 0 Å². The van der Waals surface area contributed by atoms with Crippen molar-refractivity contribution in [3.63, 3.8) is 0 Å². The van der Waals surface area contributed by atoms with E-state index in [1.165, 1.54) is 116 Å². The van der Waals surface area contributed by atoms with Crippen LogP contribution in [0.5, 0.6) is 0 Å². The molecule has 0 radical (unpaired) electrons. The Bertz CT molecular complexity index is 766. The van der Waals surface area contributed by atoms with Gasteiger partial charge in [-0.2, -0.15) is 0 Å². The summed E-state index contributed by atoms with van der Waals surface area (Å²) in [5.74, 6) is 0.806. The van der Waals surface area contributed by atoms with Crippen molar-refractivity contribution in [3.05, 3.63) is 0 Å². The van der Waals surface area contributed by atoms with E-state index in [2.05, 4.69) is 34.6 Å². The van der Waals surface area contributed by atoms with Crippen LogP contribution in [0.4, 0.5) is 0 Å². The van der Waals surface area contributed by atoms with Gasteiger partial charge in [0.05, 0.1) is 0 Å². The molecular formula is C44H84O6. The molecule has 0 aliphatic carbocycles. The van der Waals surface area contributed by atoms with E-state index < -0.39 is 6.10 Å². The van der Waals surface area contributed by atoms with Crippen molar-refractivity contribution in [2.45, 2.75) is 240 Å². The Morgan fingerprint density at radius 3 is 1.14 bits per heavy atom. The van der Waals surface area contributed by atoms with Crippen molar-refractivity contribution in [1.82, 2.24) is 0 Å². The van der Waals surface area contributed by atoms with Crippen molar-refractivity contribution in [2.24, 2.45) is 11.8 Å². The van der Waals surface area contributed by atoms with Gasteiger partial charge in [-0.3, -0.25) is 14.4 Å². The molecule has 0 rings (SSSR count). The van der Waals surface area contributed by atoms with Gasteiger partial charge in [0, 0.05) is 19.3 Å². The van der Waals surface area contributed by atoms with Gasteiger partial charge in [-0.05, 0) is 31.1 Å². The van der Waals surface area contributed by atoms with Gasteiger partial charge in [0.1, 0.15) is 13.2 Å². The molecule has 296 valence electrons. The summed E-state index contributed by atoms with van der Waals surface area (Å²) >= 11 is 0. The van der Waals surface area contributed by atoms with Crippen LogP contribution in [-0.2, 0) is 28.6 Å². The molecule has 0 heterocycles. The highest BCUT2D eigenvalue weighted by Crippen LogP contribution is 2.17. The molecule has 0 bridgehead atoms. The molecule has 0 aliphatic rings. The highest BCUT2D eigenvalue weighted by molar-refractivity contribution is 5.71. The Balaban J connectivity index is 4.17. The van der Waals surface area contributed by atoms with Crippen LogP contribution in [0.2, 0.25) is 0 Å². The molecule has 0 N–H and O–H groups in total. The molecule has 0 saturated heterocycles. The maximum absolute atomic E-state index is 12.5. The fraction of sp³-hybridized carbons (Fsp3) is 0.932. The summed E-state index contributed by atoms with van der Waals surface area (Å²) < 4.78 is 16.6. The van der Waals surface area contributed by atoms with Gasteiger partial charge in [-0.1, -0.05) is 195 Å². The highest BCUT2D eigenvalue weighted by atomic mass is 16.6. The van der Waals surface area contributed by atoms with Crippen LogP contribution in [0, 0.1) is 11.8 Å². The summed E-state index contributed by atoms with van der Waals surface area (Å²) in [6.07, 6.45) is 34.0. The van der Waals surface area contributed by atoms with Gasteiger partial charge in [0.15, 0.2) is 6.10 Å². The Morgan fingerprint density at radius 2 is 0.760 bits per heavy atom. The van der Waals surface area contributed by atoms with E-state index in [1.807, 2.05) is 0 Å².